The van der Waals surface area contributed by atoms with E-state index in [1.165, 1.54) is 24.3 Å². The summed E-state index contributed by atoms with van der Waals surface area (Å²) in [4.78, 5) is 31.8. The van der Waals surface area contributed by atoms with Crippen molar-refractivity contribution in [2.45, 2.75) is 0 Å². The van der Waals surface area contributed by atoms with Gasteiger partial charge in [0.25, 0.3) is 0 Å². The predicted molar refractivity (Wildman–Crippen MR) is 136 cm³/mol. The third-order valence-electron chi connectivity index (χ3n) is 5.41. The Bertz CT molecular complexity index is 1680. The fourth-order valence-corrected chi connectivity index (χ4v) is 3.64. The smallest absolute Gasteiger partial charge is 0.335 e. The molecule has 0 radical (unpaired) electrons. The van der Waals surface area contributed by atoms with Crippen LogP contribution in [0.3, 0.4) is 0 Å². The molecule has 36 heavy (non-hydrogen) atoms. The molecule has 0 spiro atoms. The van der Waals surface area contributed by atoms with Crippen molar-refractivity contribution in [3.05, 3.63) is 119 Å². The number of carboxylic acids is 2. The Balaban J connectivity index is 1.53. The lowest BCUT2D eigenvalue weighted by molar-refractivity contribution is 0.0686. The Morgan fingerprint density at radius 3 is 1.39 bits per heavy atom. The molecule has 2 N–H and O–H groups in total. The highest BCUT2D eigenvalue weighted by Gasteiger charge is 2.06. The lowest BCUT2D eigenvalue weighted by atomic mass is 10.1. The van der Waals surface area contributed by atoms with Gasteiger partial charge in [0.05, 0.1) is 22.2 Å². The molecule has 2 aromatic heterocycles. The van der Waals surface area contributed by atoms with E-state index in [-0.39, 0.29) is 11.1 Å². The minimum Gasteiger partial charge on any atom is -0.478 e. The number of carboxylic acid groups (broad SMARTS) is 2. The lowest BCUT2D eigenvalue weighted by Crippen LogP contribution is -1.95. The van der Waals surface area contributed by atoms with Gasteiger partial charge >= 0.3 is 11.9 Å². The molecule has 0 aliphatic carbocycles. The van der Waals surface area contributed by atoms with E-state index in [1.807, 2.05) is 24.3 Å². The zero-order chi connectivity index (χ0) is 25.1. The van der Waals surface area contributed by atoms with Crippen molar-refractivity contribution in [1.29, 1.82) is 0 Å². The standard InChI is InChI=1S/C30H16N2O4/c33-29(34)23-5-1-3-19(17-23)7-13-25-15-11-21-9-10-22-12-16-26(32-28(22)27(21)31-25)14-8-20-4-2-6-24(18-20)30(35)36/h1-6,9-12,15-18H,(H,33,34)(H,35,36). The first-order chi connectivity index (χ1) is 17.5. The summed E-state index contributed by atoms with van der Waals surface area (Å²) in [7, 11) is 0. The number of carbonyl (C=O) groups is 2. The Morgan fingerprint density at radius 2 is 0.972 bits per heavy atom. The number of aromatic nitrogens is 2. The molecule has 0 fully saturated rings. The van der Waals surface area contributed by atoms with Gasteiger partial charge < -0.3 is 10.2 Å². The third kappa shape index (κ3) is 4.75. The number of hydrogen-bond donors (Lipinski definition) is 2. The number of fused-ring (bicyclic) bond motifs is 3. The van der Waals surface area contributed by atoms with Crippen LogP contribution in [-0.4, -0.2) is 32.1 Å². The van der Waals surface area contributed by atoms with E-state index < -0.39 is 11.9 Å². The summed E-state index contributed by atoms with van der Waals surface area (Å²) >= 11 is 0. The Morgan fingerprint density at radius 1 is 0.556 bits per heavy atom. The van der Waals surface area contributed by atoms with Gasteiger partial charge in [0, 0.05) is 21.9 Å². The van der Waals surface area contributed by atoms with E-state index in [1.54, 1.807) is 36.4 Å². The Labute approximate surface area is 205 Å². The monoisotopic (exact) mass is 468 g/mol. The maximum absolute atomic E-state index is 11.2. The summed E-state index contributed by atoms with van der Waals surface area (Å²) in [5.41, 5.74) is 3.91. The summed E-state index contributed by atoms with van der Waals surface area (Å²) in [6.07, 6.45) is 0. The number of benzene rings is 3. The zero-order valence-corrected chi connectivity index (χ0v) is 18.7. The first-order valence-corrected chi connectivity index (χ1v) is 10.9. The molecule has 5 aromatic rings. The van der Waals surface area contributed by atoms with Gasteiger partial charge in [-0.15, -0.1) is 0 Å². The molecule has 6 heteroatoms. The highest BCUT2D eigenvalue weighted by atomic mass is 16.4. The molecule has 3 aromatic carbocycles. The molecule has 0 unspecified atom stereocenters. The highest BCUT2D eigenvalue weighted by molar-refractivity contribution is 6.03. The zero-order valence-electron chi connectivity index (χ0n) is 18.7. The quantitative estimate of drug-likeness (QED) is 0.280. The van der Waals surface area contributed by atoms with Gasteiger partial charge in [-0.3, -0.25) is 0 Å². The van der Waals surface area contributed by atoms with Crippen LogP contribution in [0.1, 0.15) is 43.2 Å². The van der Waals surface area contributed by atoms with Crippen LogP contribution in [-0.2, 0) is 0 Å². The maximum Gasteiger partial charge on any atom is 0.335 e. The summed E-state index contributed by atoms with van der Waals surface area (Å²) in [6, 6.07) is 24.2. The molecule has 5 rings (SSSR count). The van der Waals surface area contributed by atoms with Crippen LogP contribution in [0.5, 0.6) is 0 Å². The number of rotatable bonds is 2. The van der Waals surface area contributed by atoms with Crippen molar-refractivity contribution < 1.29 is 19.8 Å². The minimum absolute atomic E-state index is 0.173. The average molecular weight is 468 g/mol. The van der Waals surface area contributed by atoms with Gasteiger partial charge in [0.1, 0.15) is 11.4 Å². The van der Waals surface area contributed by atoms with Crippen LogP contribution in [0.15, 0.2) is 84.9 Å². The van der Waals surface area contributed by atoms with Gasteiger partial charge in [-0.05, 0) is 72.5 Å². The van der Waals surface area contributed by atoms with Crippen molar-refractivity contribution in [2.75, 3.05) is 0 Å². The van der Waals surface area contributed by atoms with E-state index in [4.69, 9.17) is 9.97 Å². The molecular weight excluding hydrogens is 452 g/mol. The van der Waals surface area contributed by atoms with Crippen LogP contribution < -0.4 is 0 Å². The van der Waals surface area contributed by atoms with Crippen molar-refractivity contribution in [3.8, 4) is 23.7 Å². The van der Waals surface area contributed by atoms with Crippen molar-refractivity contribution in [2.24, 2.45) is 0 Å². The molecule has 0 saturated heterocycles. The molecular formula is C30H16N2O4. The molecule has 0 aliphatic heterocycles. The summed E-state index contributed by atoms with van der Waals surface area (Å²) < 4.78 is 0. The maximum atomic E-state index is 11.2. The van der Waals surface area contributed by atoms with Crippen LogP contribution in [0.2, 0.25) is 0 Å². The average Bonchev–Trinajstić information content (AvgIpc) is 2.90. The lowest BCUT2D eigenvalue weighted by Gasteiger charge is -2.04. The van der Waals surface area contributed by atoms with Crippen molar-refractivity contribution in [1.82, 2.24) is 9.97 Å². The summed E-state index contributed by atoms with van der Waals surface area (Å²) in [5.74, 6) is 9.93. The first kappa shape index (κ1) is 22.3. The second kappa shape index (κ2) is 9.42. The second-order valence-corrected chi connectivity index (χ2v) is 7.87. The molecule has 6 nitrogen and oxygen atoms in total. The molecule has 0 atom stereocenters. The molecule has 0 aliphatic rings. The van der Waals surface area contributed by atoms with Crippen LogP contribution in [0, 0.1) is 23.7 Å². The van der Waals surface area contributed by atoms with E-state index in [0.29, 0.717) is 33.5 Å². The minimum atomic E-state index is -1.01. The van der Waals surface area contributed by atoms with Crippen molar-refractivity contribution >= 4 is 33.7 Å². The fourth-order valence-electron chi connectivity index (χ4n) is 3.64. The van der Waals surface area contributed by atoms with E-state index in [2.05, 4.69) is 23.7 Å². The van der Waals surface area contributed by atoms with E-state index in [9.17, 15) is 19.8 Å². The highest BCUT2D eigenvalue weighted by Crippen LogP contribution is 2.23. The molecule has 0 bridgehead atoms. The number of aromatic carboxylic acids is 2. The van der Waals surface area contributed by atoms with E-state index in [0.717, 1.165) is 10.8 Å². The molecule has 2 heterocycles. The number of hydrogen-bond acceptors (Lipinski definition) is 4. The number of pyridine rings is 2. The SMILES string of the molecule is O=C(O)c1cccc(C#Cc2ccc3ccc4ccc(C#Cc5cccc(C(=O)O)c5)nc4c3n2)c1. The van der Waals surface area contributed by atoms with Crippen LogP contribution in [0.25, 0.3) is 21.8 Å². The van der Waals surface area contributed by atoms with Gasteiger partial charge in [-0.1, -0.05) is 36.1 Å². The Hall–Kier alpha value is -5.46. The van der Waals surface area contributed by atoms with Crippen LogP contribution >= 0.6 is 0 Å². The fraction of sp³-hybridized carbons (Fsp3) is 0. The van der Waals surface area contributed by atoms with Gasteiger partial charge in [-0.2, -0.15) is 0 Å². The predicted octanol–water partition coefficient (Wildman–Crippen LogP) is 4.98. The van der Waals surface area contributed by atoms with Gasteiger partial charge in [-0.25, -0.2) is 19.6 Å². The summed E-state index contributed by atoms with van der Waals surface area (Å²) in [5, 5.41) is 20.1. The van der Waals surface area contributed by atoms with Crippen molar-refractivity contribution in [3.63, 3.8) is 0 Å². The van der Waals surface area contributed by atoms with E-state index >= 15 is 0 Å². The van der Waals surface area contributed by atoms with Gasteiger partial charge in [0.15, 0.2) is 0 Å². The topological polar surface area (TPSA) is 100 Å². The second-order valence-electron chi connectivity index (χ2n) is 7.87. The molecule has 170 valence electrons. The Kier molecular flexibility index (Phi) is 5.85. The van der Waals surface area contributed by atoms with Gasteiger partial charge in [0.2, 0.25) is 0 Å². The first-order valence-electron chi connectivity index (χ1n) is 10.9. The molecule has 0 saturated carbocycles. The number of nitrogens with zero attached hydrogens (tertiary/aromatic N) is 2. The molecule has 0 amide bonds. The normalized spacial score (nSPS) is 10.2. The largest absolute Gasteiger partial charge is 0.478 e. The third-order valence-corrected chi connectivity index (χ3v) is 5.41. The summed E-state index contributed by atoms with van der Waals surface area (Å²) in [6.45, 7) is 0. The van der Waals surface area contributed by atoms with Crippen LogP contribution in [0.4, 0.5) is 0 Å².